The molecule has 0 spiro atoms. The summed E-state index contributed by atoms with van der Waals surface area (Å²) in [4.78, 5) is 23.2. The van der Waals surface area contributed by atoms with Crippen molar-refractivity contribution in [3.8, 4) is 17.4 Å². The zero-order valence-corrected chi connectivity index (χ0v) is 14.5. The van der Waals surface area contributed by atoms with Crippen LogP contribution in [-0.4, -0.2) is 48.4 Å². The minimum Gasteiger partial charge on any atom is -0.475 e. The van der Waals surface area contributed by atoms with Crippen molar-refractivity contribution < 1.29 is 19.0 Å². The fraction of sp³-hybridized carbons (Fsp3) is 0.389. The highest BCUT2D eigenvalue weighted by atomic mass is 16.7. The van der Waals surface area contributed by atoms with Gasteiger partial charge in [0.1, 0.15) is 0 Å². The van der Waals surface area contributed by atoms with E-state index in [4.69, 9.17) is 14.2 Å². The van der Waals surface area contributed by atoms with E-state index in [1.54, 1.807) is 30.6 Å². The number of nitrogens with zero attached hydrogens (tertiary/aromatic N) is 3. The summed E-state index contributed by atoms with van der Waals surface area (Å²) in [7, 11) is 0. The highest BCUT2D eigenvalue weighted by Crippen LogP contribution is 2.32. The van der Waals surface area contributed by atoms with Crippen molar-refractivity contribution in [3.05, 3.63) is 36.2 Å². The van der Waals surface area contributed by atoms with Crippen LogP contribution in [0, 0.1) is 0 Å². The molecular weight excluding hydrogens is 336 g/mol. The molecule has 1 aromatic heterocycles. The number of benzene rings is 1. The second-order valence-corrected chi connectivity index (χ2v) is 6.09. The predicted molar refractivity (Wildman–Crippen MR) is 93.9 cm³/mol. The van der Waals surface area contributed by atoms with Gasteiger partial charge in [-0.05, 0) is 31.5 Å². The molecule has 2 aromatic rings. The number of aromatic nitrogens is 2. The molecule has 26 heavy (non-hydrogen) atoms. The lowest BCUT2D eigenvalue weighted by Gasteiger charge is -2.19. The van der Waals surface area contributed by atoms with Crippen LogP contribution in [-0.2, 0) is 0 Å². The molecule has 8 heteroatoms. The summed E-state index contributed by atoms with van der Waals surface area (Å²) >= 11 is 0. The van der Waals surface area contributed by atoms with Gasteiger partial charge in [-0.15, -0.1) is 0 Å². The minimum atomic E-state index is -0.126. The van der Waals surface area contributed by atoms with Crippen molar-refractivity contribution in [2.45, 2.75) is 19.4 Å². The van der Waals surface area contributed by atoms with Crippen molar-refractivity contribution in [2.75, 3.05) is 31.4 Å². The van der Waals surface area contributed by atoms with Gasteiger partial charge in [-0.3, -0.25) is 4.79 Å². The molecular formula is C18H20N4O4. The smallest absolute Gasteiger partial charge is 0.257 e. The fourth-order valence-electron chi connectivity index (χ4n) is 3.15. The number of fused-ring (bicyclic) bond motifs is 1. The van der Waals surface area contributed by atoms with Crippen LogP contribution in [0.3, 0.4) is 0 Å². The number of amides is 1. The lowest BCUT2D eigenvalue weighted by atomic mass is 10.1. The Bertz CT molecular complexity index is 814. The van der Waals surface area contributed by atoms with Gasteiger partial charge in [0.25, 0.3) is 11.8 Å². The molecule has 1 atom stereocenters. The van der Waals surface area contributed by atoms with Gasteiger partial charge in [-0.2, -0.15) is 0 Å². The average molecular weight is 356 g/mol. The number of hydrogen-bond donors (Lipinski definition) is 1. The second kappa shape index (κ2) is 7.07. The van der Waals surface area contributed by atoms with E-state index < -0.39 is 0 Å². The van der Waals surface area contributed by atoms with Crippen LogP contribution in [0.1, 0.15) is 23.7 Å². The molecule has 0 aliphatic carbocycles. The molecule has 4 rings (SSSR count). The fourth-order valence-corrected chi connectivity index (χ4v) is 3.15. The molecule has 0 radical (unpaired) electrons. The summed E-state index contributed by atoms with van der Waals surface area (Å²) in [6, 6.07) is 5.24. The van der Waals surface area contributed by atoms with Gasteiger partial charge in [0.2, 0.25) is 6.79 Å². The normalized spacial score (nSPS) is 18.0. The van der Waals surface area contributed by atoms with Crippen LogP contribution in [0.25, 0.3) is 0 Å². The van der Waals surface area contributed by atoms with Gasteiger partial charge >= 0.3 is 0 Å². The highest BCUT2D eigenvalue weighted by Gasteiger charge is 2.28. The van der Waals surface area contributed by atoms with Crippen LogP contribution in [0.5, 0.6) is 17.4 Å². The lowest BCUT2D eigenvalue weighted by Crippen LogP contribution is -2.37. The topological polar surface area (TPSA) is 85.8 Å². The number of anilines is 1. The van der Waals surface area contributed by atoms with Crippen LogP contribution in [0.4, 0.5) is 5.82 Å². The van der Waals surface area contributed by atoms with Crippen LogP contribution in [0.15, 0.2) is 30.6 Å². The van der Waals surface area contributed by atoms with Crippen molar-refractivity contribution in [2.24, 2.45) is 0 Å². The summed E-state index contributed by atoms with van der Waals surface area (Å²) in [5.41, 5.74) is 0.558. The standard InChI is InChI=1S/C18H20N4O4/c1-2-24-18-16(19-6-7-20-18)22-8-5-13(10-22)21-17(23)12-3-4-14-15(9-12)26-11-25-14/h3-4,6-7,9,13H,2,5,8,10-11H2,1H3,(H,21,23). The molecule has 0 bridgehead atoms. The molecule has 1 aromatic carbocycles. The highest BCUT2D eigenvalue weighted by molar-refractivity contribution is 5.95. The Morgan fingerprint density at radius 3 is 3.04 bits per heavy atom. The summed E-state index contributed by atoms with van der Waals surface area (Å²) < 4.78 is 16.2. The molecule has 136 valence electrons. The van der Waals surface area contributed by atoms with Gasteiger partial charge in [0.05, 0.1) is 6.61 Å². The van der Waals surface area contributed by atoms with E-state index in [-0.39, 0.29) is 18.7 Å². The summed E-state index contributed by atoms with van der Waals surface area (Å²) in [6.07, 6.45) is 4.10. The Hall–Kier alpha value is -3.03. The van der Waals surface area contributed by atoms with E-state index >= 15 is 0 Å². The average Bonchev–Trinajstić information content (AvgIpc) is 3.31. The molecule has 1 saturated heterocycles. The maximum atomic E-state index is 12.5. The first-order valence-corrected chi connectivity index (χ1v) is 8.64. The summed E-state index contributed by atoms with van der Waals surface area (Å²) in [6.45, 7) is 4.08. The first-order valence-electron chi connectivity index (χ1n) is 8.64. The molecule has 1 N–H and O–H groups in total. The first kappa shape index (κ1) is 16.4. The van der Waals surface area contributed by atoms with Crippen LogP contribution >= 0.6 is 0 Å². The first-order chi connectivity index (χ1) is 12.7. The third kappa shape index (κ3) is 3.22. The molecule has 3 heterocycles. The number of nitrogens with one attached hydrogen (secondary N) is 1. The Labute approximate surface area is 151 Å². The van der Waals surface area contributed by atoms with Crippen LogP contribution in [0.2, 0.25) is 0 Å². The van der Waals surface area contributed by atoms with E-state index in [0.717, 1.165) is 13.0 Å². The number of rotatable bonds is 5. The number of hydrogen-bond acceptors (Lipinski definition) is 7. The number of carbonyl (C=O) groups is 1. The predicted octanol–water partition coefficient (Wildman–Crippen LogP) is 1.61. The maximum Gasteiger partial charge on any atom is 0.257 e. The van der Waals surface area contributed by atoms with Gasteiger partial charge in [-0.1, -0.05) is 0 Å². The molecule has 1 unspecified atom stereocenters. The van der Waals surface area contributed by atoms with Gasteiger partial charge in [-0.25, -0.2) is 9.97 Å². The summed E-state index contributed by atoms with van der Waals surface area (Å²) in [5.74, 6) is 2.39. The van der Waals surface area contributed by atoms with Crippen molar-refractivity contribution >= 4 is 11.7 Å². The third-order valence-corrected chi connectivity index (χ3v) is 4.39. The maximum absolute atomic E-state index is 12.5. The zero-order chi connectivity index (χ0) is 17.9. The Morgan fingerprint density at radius 1 is 1.31 bits per heavy atom. The monoisotopic (exact) mass is 356 g/mol. The molecule has 0 saturated carbocycles. The molecule has 8 nitrogen and oxygen atoms in total. The van der Waals surface area contributed by atoms with Crippen molar-refractivity contribution in [3.63, 3.8) is 0 Å². The van der Waals surface area contributed by atoms with E-state index in [0.29, 0.717) is 41.9 Å². The van der Waals surface area contributed by atoms with Gasteiger partial charge in [0.15, 0.2) is 17.3 Å². The number of ether oxygens (including phenoxy) is 3. The van der Waals surface area contributed by atoms with Crippen molar-refractivity contribution in [1.82, 2.24) is 15.3 Å². The van der Waals surface area contributed by atoms with Gasteiger partial charge < -0.3 is 24.4 Å². The van der Waals surface area contributed by atoms with E-state index in [9.17, 15) is 4.79 Å². The number of carbonyl (C=O) groups excluding carboxylic acids is 1. The minimum absolute atomic E-state index is 0.0319. The van der Waals surface area contributed by atoms with E-state index in [1.165, 1.54) is 0 Å². The molecule has 1 amide bonds. The Kier molecular flexibility index (Phi) is 4.47. The Morgan fingerprint density at radius 2 is 2.15 bits per heavy atom. The summed E-state index contributed by atoms with van der Waals surface area (Å²) in [5, 5.41) is 3.07. The van der Waals surface area contributed by atoms with Crippen LogP contribution < -0.4 is 24.4 Å². The second-order valence-electron chi connectivity index (χ2n) is 6.09. The van der Waals surface area contributed by atoms with Crippen molar-refractivity contribution in [1.29, 1.82) is 0 Å². The van der Waals surface area contributed by atoms with E-state index in [2.05, 4.69) is 20.2 Å². The quantitative estimate of drug-likeness (QED) is 0.871. The lowest BCUT2D eigenvalue weighted by molar-refractivity contribution is 0.0940. The molecule has 2 aliphatic heterocycles. The Balaban J connectivity index is 1.41. The molecule has 1 fully saturated rings. The third-order valence-electron chi connectivity index (χ3n) is 4.39. The molecule has 2 aliphatic rings. The van der Waals surface area contributed by atoms with E-state index in [1.807, 2.05) is 6.92 Å². The zero-order valence-electron chi connectivity index (χ0n) is 14.5. The SMILES string of the molecule is CCOc1nccnc1N1CCC(NC(=O)c2ccc3c(c2)OCO3)C1. The van der Waals surface area contributed by atoms with Gasteiger partial charge in [0, 0.05) is 37.1 Å². The largest absolute Gasteiger partial charge is 0.475 e.